The number of para-hydroxylation sites is 1. The van der Waals surface area contributed by atoms with E-state index in [-0.39, 0.29) is 5.82 Å². The van der Waals surface area contributed by atoms with E-state index in [1.807, 2.05) is 24.3 Å². The van der Waals surface area contributed by atoms with Crippen LogP contribution in [0.4, 0.5) is 4.39 Å². The van der Waals surface area contributed by atoms with Gasteiger partial charge in [0.25, 0.3) is 0 Å². The first kappa shape index (κ1) is 10.7. The monoisotopic (exact) mass is 277 g/mol. The Morgan fingerprint density at radius 2 is 1.95 bits per heavy atom. The third kappa shape index (κ3) is 1.26. The summed E-state index contributed by atoms with van der Waals surface area (Å²) < 4.78 is 17.1. The lowest BCUT2D eigenvalue weighted by Gasteiger charge is -2.03. The van der Waals surface area contributed by atoms with Crippen molar-refractivity contribution in [2.75, 3.05) is 0 Å². The Morgan fingerprint density at radius 1 is 1.05 bits per heavy atom. The molecule has 5 aromatic rings. The lowest BCUT2D eigenvalue weighted by Crippen LogP contribution is -1.94. The number of imidazole rings is 1. The van der Waals surface area contributed by atoms with Gasteiger partial charge in [-0.05, 0) is 18.2 Å². The van der Waals surface area contributed by atoms with E-state index in [9.17, 15) is 4.39 Å². The van der Waals surface area contributed by atoms with Crippen LogP contribution in [-0.2, 0) is 0 Å². The minimum Gasteiger partial charge on any atom is -0.293 e. The summed E-state index contributed by atoms with van der Waals surface area (Å²) in [6.45, 7) is 0. The molecule has 0 fully saturated rings. The summed E-state index contributed by atoms with van der Waals surface area (Å²) in [4.78, 5) is 8.95. The lowest BCUT2D eigenvalue weighted by molar-refractivity contribution is 0.620. The minimum atomic E-state index is -0.312. The van der Waals surface area contributed by atoms with Gasteiger partial charge in [-0.2, -0.15) is 5.10 Å². The Hall–Kier alpha value is -3.02. The van der Waals surface area contributed by atoms with Crippen molar-refractivity contribution < 1.29 is 4.39 Å². The number of halogens is 1. The largest absolute Gasteiger partial charge is 0.293 e. The Morgan fingerprint density at radius 3 is 2.90 bits per heavy atom. The molecule has 0 radical (unpaired) electrons. The van der Waals surface area contributed by atoms with Crippen molar-refractivity contribution in [2.24, 2.45) is 0 Å². The Labute approximate surface area is 117 Å². The summed E-state index contributed by atoms with van der Waals surface area (Å²) >= 11 is 0. The normalized spacial score (nSPS) is 12.0. The molecule has 0 spiro atoms. The van der Waals surface area contributed by atoms with Crippen LogP contribution < -0.4 is 0 Å². The van der Waals surface area contributed by atoms with Crippen LogP contribution in [0, 0.1) is 5.82 Å². The van der Waals surface area contributed by atoms with Crippen molar-refractivity contribution in [1.29, 1.82) is 0 Å². The molecule has 0 aliphatic heterocycles. The number of aromatic nitrogens is 5. The topological polar surface area (TPSA) is 47.5 Å². The van der Waals surface area contributed by atoms with Gasteiger partial charge in [0.1, 0.15) is 28.8 Å². The number of hydrogen-bond acceptors (Lipinski definition) is 3. The van der Waals surface area contributed by atoms with E-state index in [1.54, 1.807) is 15.0 Å². The van der Waals surface area contributed by atoms with Crippen LogP contribution in [0.15, 0.2) is 48.9 Å². The molecule has 0 amide bonds. The number of hydrogen-bond donors (Lipinski definition) is 0. The zero-order valence-corrected chi connectivity index (χ0v) is 10.7. The van der Waals surface area contributed by atoms with Crippen LogP contribution in [0.2, 0.25) is 0 Å². The van der Waals surface area contributed by atoms with Crippen LogP contribution in [0.1, 0.15) is 0 Å². The van der Waals surface area contributed by atoms with Crippen molar-refractivity contribution >= 4 is 33.2 Å². The van der Waals surface area contributed by atoms with Gasteiger partial charge in [-0.1, -0.05) is 18.2 Å². The fraction of sp³-hybridized carbons (Fsp3) is 0. The number of pyridine rings is 2. The van der Waals surface area contributed by atoms with E-state index in [0.29, 0.717) is 11.3 Å². The van der Waals surface area contributed by atoms with Crippen LogP contribution in [0.3, 0.4) is 0 Å². The molecular weight excluding hydrogens is 269 g/mol. The SMILES string of the molecule is Fc1ccc2nc3c4ccccc4n4ncnc4c3n2c1. The maximum atomic E-state index is 13.6. The highest BCUT2D eigenvalue weighted by atomic mass is 19.1. The second kappa shape index (κ2) is 3.54. The van der Waals surface area contributed by atoms with Gasteiger partial charge in [0.15, 0.2) is 5.65 Å². The zero-order valence-electron chi connectivity index (χ0n) is 10.7. The molecule has 4 aromatic heterocycles. The van der Waals surface area contributed by atoms with E-state index in [1.165, 1.54) is 18.6 Å². The van der Waals surface area contributed by atoms with Crippen molar-refractivity contribution in [3.05, 3.63) is 54.7 Å². The summed E-state index contributed by atoms with van der Waals surface area (Å²) in [5, 5.41) is 5.24. The Bertz CT molecular complexity index is 1150. The van der Waals surface area contributed by atoms with E-state index >= 15 is 0 Å². The molecule has 5 rings (SSSR count). The molecule has 6 heteroatoms. The first-order valence-electron chi connectivity index (χ1n) is 6.51. The average molecular weight is 277 g/mol. The molecule has 1 aromatic carbocycles. The predicted molar refractivity (Wildman–Crippen MR) is 76.7 cm³/mol. The highest BCUT2D eigenvalue weighted by molar-refractivity contribution is 6.09. The van der Waals surface area contributed by atoms with Gasteiger partial charge >= 0.3 is 0 Å². The molecule has 0 unspecified atom stereocenters. The van der Waals surface area contributed by atoms with Crippen molar-refractivity contribution in [1.82, 2.24) is 24.0 Å². The summed E-state index contributed by atoms with van der Waals surface area (Å²) in [6, 6.07) is 10.9. The fourth-order valence-electron chi connectivity index (χ4n) is 2.86. The Balaban J connectivity index is 2.22. The van der Waals surface area contributed by atoms with Gasteiger partial charge in [-0.15, -0.1) is 0 Å². The molecule has 0 aliphatic carbocycles. The fourth-order valence-corrected chi connectivity index (χ4v) is 2.86. The van der Waals surface area contributed by atoms with Gasteiger partial charge in [-0.3, -0.25) is 4.40 Å². The molecule has 0 aliphatic rings. The first-order valence-corrected chi connectivity index (χ1v) is 6.51. The second-order valence-electron chi connectivity index (χ2n) is 4.90. The van der Waals surface area contributed by atoms with E-state index in [2.05, 4.69) is 15.1 Å². The molecule has 5 nitrogen and oxygen atoms in total. The van der Waals surface area contributed by atoms with Crippen LogP contribution in [0.5, 0.6) is 0 Å². The first-order chi connectivity index (χ1) is 10.3. The average Bonchev–Trinajstić information content (AvgIpc) is 3.11. The smallest absolute Gasteiger partial charge is 0.182 e. The molecule has 4 heterocycles. The maximum absolute atomic E-state index is 13.6. The molecule has 100 valence electrons. The molecule has 0 bridgehead atoms. The van der Waals surface area contributed by atoms with Crippen LogP contribution in [-0.4, -0.2) is 24.0 Å². The van der Waals surface area contributed by atoms with Gasteiger partial charge in [0.2, 0.25) is 0 Å². The molecule has 0 N–H and O–H groups in total. The number of nitrogens with zero attached hydrogens (tertiary/aromatic N) is 5. The lowest BCUT2D eigenvalue weighted by atomic mass is 10.2. The van der Waals surface area contributed by atoms with Crippen LogP contribution in [0.25, 0.3) is 33.2 Å². The van der Waals surface area contributed by atoms with E-state index in [0.717, 1.165) is 21.9 Å². The zero-order chi connectivity index (χ0) is 14.0. The molecule has 21 heavy (non-hydrogen) atoms. The molecular formula is C15H8FN5. The minimum absolute atomic E-state index is 0.312. The number of rotatable bonds is 0. The molecule has 0 saturated heterocycles. The van der Waals surface area contributed by atoms with Crippen molar-refractivity contribution in [3.8, 4) is 0 Å². The van der Waals surface area contributed by atoms with E-state index in [4.69, 9.17) is 0 Å². The van der Waals surface area contributed by atoms with Gasteiger partial charge in [0.05, 0.1) is 5.52 Å². The summed E-state index contributed by atoms with van der Waals surface area (Å²) in [5.74, 6) is -0.312. The maximum Gasteiger partial charge on any atom is 0.182 e. The highest BCUT2D eigenvalue weighted by Crippen LogP contribution is 2.28. The van der Waals surface area contributed by atoms with Gasteiger partial charge < -0.3 is 0 Å². The van der Waals surface area contributed by atoms with Crippen molar-refractivity contribution in [3.63, 3.8) is 0 Å². The third-order valence-electron chi connectivity index (χ3n) is 3.73. The second-order valence-corrected chi connectivity index (χ2v) is 4.90. The van der Waals surface area contributed by atoms with E-state index < -0.39 is 0 Å². The standard InChI is InChI=1S/C15H8FN5/c16-9-5-6-12-19-13-10-3-1-2-4-11(10)21-15(17-8-18-21)14(13)20(12)7-9/h1-8H. The summed E-state index contributed by atoms with van der Waals surface area (Å²) in [6.07, 6.45) is 2.92. The highest BCUT2D eigenvalue weighted by Gasteiger charge is 2.15. The summed E-state index contributed by atoms with van der Waals surface area (Å²) in [7, 11) is 0. The molecule has 0 atom stereocenters. The Kier molecular flexibility index (Phi) is 1.81. The van der Waals surface area contributed by atoms with Crippen molar-refractivity contribution in [2.45, 2.75) is 0 Å². The van der Waals surface area contributed by atoms with Crippen LogP contribution >= 0.6 is 0 Å². The summed E-state index contributed by atoms with van der Waals surface area (Å²) in [5.41, 5.74) is 3.85. The third-order valence-corrected chi connectivity index (χ3v) is 3.73. The van der Waals surface area contributed by atoms with Gasteiger partial charge in [0, 0.05) is 11.6 Å². The van der Waals surface area contributed by atoms with Gasteiger partial charge in [-0.25, -0.2) is 18.9 Å². The quantitative estimate of drug-likeness (QED) is 0.437. The number of fused-ring (bicyclic) bond motifs is 8. The predicted octanol–water partition coefficient (Wildman–Crippen LogP) is 2.82. The molecule has 0 saturated carbocycles. The number of benzene rings is 1.